The summed E-state index contributed by atoms with van der Waals surface area (Å²) in [4.78, 5) is 0. The number of halogens is 3. The molecule has 3 heteroatoms. The van der Waals surface area contributed by atoms with Crippen LogP contribution in [0.25, 0.3) is 0 Å². The van der Waals surface area contributed by atoms with E-state index in [0.29, 0.717) is 17.9 Å². The number of rotatable bonds is 6. The van der Waals surface area contributed by atoms with Gasteiger partial charge in [0.05, 0.1) is 0 Å². The van der Waals surface area contributed by atoms with Crippen LogP contribution in [0.2, 0.25) is 0 Å². The Bertz CT molecular complexity index is 448. The SMILES string of the molecule is CCCCC1CCC(CCc2ccc(F)c(F)c2F)CC1. The molecular formula is C18H25F3. The van der Waals surface area contributed by atoms with Gasteiger partial charge in [0, 0.05) is 0 Å². The molecule has 2 rings (SSSR count). The maximum Gasteiger partial charge on any atom is 0.194 e. The Labute approximate surface area is 125 Å². The molecule has 118 valence electrons. The highest BCUT2D eigenvalue weighted by Gasteiger charge is 2.21. The molecule has 0 N–H and O–H groups in total. The molecule has 0 aromatic heterocycles. The van der Waals surface area contributed by atoms with Gasteiger partial charge in [-0.1, -0.05) is 57.9 Å². The van der Waals surface area contributed by atoms with Gasteiger partial charge in [-0.15, -0.1) is 0 Å². The van der Waals surface area contributed by atoms with E-state index in [9.17, 15) is 13.2 Å². The summed E-state index contributed by atoms with van der Waals surface area (Å²) in [7, 11) is 0. The van der Waals surface area contributed by atoms with E-state index in [4.69, 9.17) is 0 Å². The first-order chi connectivity index (χ1) is 10.1. The first kappa shape index (κ1) is 16.4. The van der Waals surface area contributed by atoms with E-state index in [-0.39, 0.29) is 0 Å². The second-order valence-corrected chi connectivity index (χ2v) is 6.40. The zero-order valence-corrected chi connectivity index (χ0v) is 12.8. The quantitative estimate of drug-likeness (QED) is 0.562. The molecule has 0 bridgehead atoms. The second kappa shape index (κ2) is 7.86. The maximum absolute atomic E-state index is 13.6. The van der Waals surface area contributed by atoms with Gasteiger partial charge in [0.15, 0.2) is 17.5 Å². The van der Waals surface area contributed by atoms with Gasteiger partial charge in [-0.2, -0.15) is 0 Å². The number of benzene rings is 1. The molecule has 1 aromatic rings. The Kier molecular flexibility index (Phi) is 6.13. The molecule has 0 amide bonds. The van der Waals surface area contributed by atoms with Crippen molar-refractivity contribution in [2.75, 3.05) is 0 Å². The van der Waals surface area contributed by atoms with Gasteiger partial charge in [0.1, 0.15) is 0 Å². The van der Waals surface area contributed by atoms with Gasteiger partial charge in [0.2, 0.25) is 0 Å². The third-order valence-electron chi connectivity index (χ3n) is 4.87. The number of unbranched alkanes of at least 4 members (excludes halogenated alkanes) is 1. The van der Waals surface area contributed by atoms with Crippen molar-refractivity contribution in [2.24, 2.45) is 11.8 Å². The van der Waals surface area contributed by atoms with Crippen LogP contribution in [0.15, 0.2) is 12.1 Å². The lowest BCUT2D eigenvalue weighted by molar-refractivity contribution is 0.249. The van der Waals surface area contributed by atoms with Crippen molar-refractivity contribution in [2.45, 2.75) is 64.7 Å². The standard InChI is InChI=1S/C18H25F3/c1-2-3-4-13-5-7-14(8-6-13)9-10-15-11-12-16(19)18(21)17(15)20/h11-14H,2-10H2,1H3. The monoisotopic (exact) mass is 298 g/mol. The summed E-state index contributed by atoms with van der Waals surface area (Å²) < 4.78 is 39.7. The Morgan fingerprint density at radius 1 is 0.905 bits per heavy atom. The topological polar surface area (TPSA) is 0 Å². The predicted molar refractivity (Wildman–Crippen MR) is 79.6 cm³/mol. The summed E-state index contributed by atoms with van der Waals surface area (Å²) in [5.41, 5.74) is 0.307. The van der Waals surface area contributed by atoms with Crippen molar-refractivity contribution >= 4 is 0 Å². The molecular weight excluding hydrogens is 273 g/mol. The predicted octanol–water partition coefficient (Wildman–Crippen LogP) is 6.03. The van der Waals surface area contributed by atoms with Crippen LogP contribution in [-0.4, -0.2) is 0 Å². The van der Waals surface area contributed by atoms with Gasteiger partial charge in [0.25, 0.3) is 0 Å². The average Bonchev–Trinajstić information content (AvgIpc) is 2.51. The summed E-state index contributed by atoms with van der Waals surface area (Å²) in [6.07, 6.45) is 10.2. The zero-order chi connectivity index (χ0) is 15.2. The van der Waals surface area contributed by atoms with Crippen molar-refractivity contribution in [1.29, 1.82) is 0 Å². The molecule has 1 aliphatic carbocycles. The molecule has 0 unspecified atom stereocenters. The lowest BCUT2D eigenvalue weighted by Crippen LogP contribution is -2.15. The van der Waals surface area contributed by atoms with Crippen LogP contribution >= 0.6 is 0 Å². The van der Waals surface area contributed by atoms with E-state index in [1.165, 1.54) is 51.0 Å². The van der Waals surface area contributed by atoms with Gasteiger partial charge in [-0.25, -0.2) is 13.2 Å². The summed E-state index contributed by atoms with van der Waals surface area (Å²) in [5, 5.41) is 0. The smallest absolute Gasteiger partial charge is 0.194 e. The van der Waals surface area contributed by atoms with E-state index in [1.54, 1.807) is 0 Å². The van der Waals surface area contributed by atoms with E-state index >= 15 is 0 Å². The Morgan fingerprint density at radius 2 is 1.52 bits per heavy atom. The highest BCUT2D eigenvalue weighted by atomic mass is 19.2. The Morgan fingerprint density at radius 3 is 2.14 bits per heavy atom. The first-order valence-corrected chi connectivity index (χ1v) is 8.24. The van der Waals surface area contributed by atoms with Gasteiger partial charge < -0.3 is 0 Å². The van der Waals surface area contributed by atoms with Crippen LogP contribution in [0.3, 0.4) is 0 Å². The van der Waals surface area contributed by atoms with Crippen molar-refractivity contribution in [3.05, 3.63) is 35.1 Å². The minimum absolute atomic E-state index is 0.307. The third kappa shape index (κ3) is 4.49. The first-order valence-electron chi connectivity index (χ1n) is 8.24. The summed E-state index contributed by atoms with van der Waals surface area (Å²) in [5.74, 6) is -1.98. The summed E-state index contributed by atoms with van der Waals surface area (Å²) in [6, 6.07) is 2.40. The molecule has 0 spiro atoms. The molecule has 1 fully saturated rings. The molecule has 1 aliphatic rings. The third-order valence-corrected chi connectivity index (χ3v) is 4.87. The van der Waals surface area contributed by atoms with Crippen LogP contribution in [0.4, 0.5) is 13.2 Å². The van der Waals surface area contributed by atoms with E-state index in [0.717, 1.165) is 18.4 Å². The molecule has 0 aliphatic heterocycles. The Balaban J connectivity index is 1.79. The maximum atomic E-state index is 13.6. The second-order valence-electron chi connectivity index (χ2n) is 6.40. The largest absolute Gasteiger partial charge is 0.204 e. The highest BCUT2D eigenvalue weighted by Crippen LogP contribution is 2.34. The van der Waals surface area contributed by atoms with Crippen LogP contribution < -0.4 is 0 Å². The lowest BCUT2D eigenvalue weighted by Gasteiger charge is -2.28. The van der Waals surface area contributed by atoms with Gasteiger partial charge in [-0.05, 0) is 36.3 Å². The molecule has 1 aromatic carbocycles. The number of hydrogen-bond donors (Lipinski definition) is 0. The van der Waals surface area contributed by atoms with Crippen molar-refractivity contribution in [1.82, 2.24) is 0 Å². The zero-order valence-electron chi connectivity index (χ0n) is 12.8. The lowest BCUT2D eigenvalue weighted by atomic mass is 9.78. The Hall–Kier alpha value is -0.990. The van der Waals surface area contributed by atoms with Crippen LogP contribution in [0, 0.1) is 29.3 Å². The molecule has 1 saturated carbocycles. The summed E-state index contributed by atoms with van der Waals surface area (Å²) >= 11 is 0. The minimum atomic E-state index is -1.34. The molecule has 0 atom stereocenters. The van der Waals surface area contributed by atoms with E-state index < -0.39 is 17.5 Å². The van der Waals surface area contributed by atoms with Crippen LogP contribution in [-0.2, 0) is 6.42 Å². The van der Waals surface area contributed by atoms with E-state index in [2.05, 4.69) is 6.92 Å². The van der Waals surface area contributed by atoms with Crippen LogP contribution in [0.1, 0.15) is 63.9 Å². The van der Waals surface area contributed by atoms with Crippen molar-refractivity contribution < 1.29 is 13.2 Å². The van der Waals surface area contributed by atoms with Crippen molar-refractivity contribution in [3.8, 4) is 0 Å². The normalized spacial score (nSPS) is 22.5. The molecule has 0 saturated heterocycles. The molecule has 0 heterocycles. The number of aryl methyl sites for hydroxylation is 1. The fraction of sp³-hybridized carbons (Fsp3) is 0.667. The fourth-order valence-electron chi connectivity index (χ4n) is 3.42. The minimum Gasteiger partial charge on any atom is -0.204 e. The molecule has 0 radical (unpaired) electrons. The van der Waals surface area contributed by atoms with Crippen molar-refractivity contribution in [3.63, 3.8) is 0 Å². The van der Waals surface area contributed by atoms with Gasteiger partial charge in [-0.3, -0.25) is 0 Å². The average molecular weight is 298 g/mol. The number of hydrogen-bond acceptors (Lipinski definition) is 0. The summed E-state index contributed by atoms with van der Waals surface area (Å²) in [6.45, 7) is 2.22. The van der Waals surface area contributed by atoms with Crippen LogP contribution in [0.5, 0.6) is 0 Å². The van der Waals surface area contributed by atoms with Gasteiger partial charge >= 0.3 is 0 Å². The fourth-order valence-corrected chi connectivity index (χ4v) is 3.42. The molecule has 0 nitrogen and oxygen atoms in total. The highest BCUT2D eigenvalue weighted by molar-refractivity contribution is 5.20. The molecule has 21 heavy (non-hydrogen) atoms. The van der Waals surface area contributed by atoms with E-state index in [1.807, 2.05) is 0 Å².